The van der Waals surface area contributed by atoms with Crippen molar-refractivity contribution in [1.82, 2.24) is 0 Å². The lowest BCUT2D eigenvalue weighted by Gasteiger charge is -2.17. The second-order valence-corrected chi connectivity index (χ2v) is 4.07. The van der Waals surface area contributed by atoms with E-state index in [1.165, 1.54) is 18.2 Å². The smallest absolute Gasteiger partial charge is 0.306 e. The number of nitrogens with two attached hydrogens (primary N) is 1. The van der Waals surface area contributed by atoms with Gasteiger partial charge in [-0.25, -0.2) is 0 Å². The average molecular weight is 221 g/mol. The highest BCUT2D eigenvalue weighted by molar-refractivity contribution is 5.70. The molecular formula is C13H19NO2. The molecular weight excluding hydrogens is 202 g/mol. The van der Waals surface area contributed by atoms with Crippen LogP contribution in [0.15, 0.2) is 18.2 Å². The summed E-state index contributed by atoms with van der Waals surface area (Å²) in [6, 6.07) is 6.21. The van der Waals surface area contributed by atoms with Crippen LogP contribution in [-0.2, 0) is 9.53 Å². The summed E-state index contributed by atoms with van der Waals surface area (Å²) in [7, 11) is 1.40. The highest BCUT2D eigenvalue weighted by atomic mass is 16.5. The standard InChI is InChI=1S/C13H19NO2/c1-9-4-5-10(2)12(6-9)11(8-14)7-13(15)16-3/h4-6,11H,7-8,14H2,1-3H3. The Kier molecular flexibility index (Phi) is 4.50. The van der Waals surface area contributed by atoms with Crippen molar-refractivity contribution >= 4 is 5.97 Å². The zero-order chi connectivity index (χ0) is 12.1. The van der Waals surface area contributed by atoms with Crippen LogP contribution in [-0.4, -0.2) is 19.6 Å². The molecule has 0 amide bonds. The Balaban J connectivity index is 2.94. The van der Waals surface area contributed by atoms with E-state index in [2.05, 4.69) is 22.9 Å². The third kappa shape index (κ3) is 3.07. The molecule has 1 aromatic rings. The number of hydrogen-bond acceptors (Lipinski definition) is 3. The molecule has 0 heterocycles. The second kappa shape index (κ2) is 5.66. The summed E-state index contributed by atoms with van der Waals surface area (Å²) in [6.07, 6.45) is 0.345. The summed E-state index contributed by atoms with van der Waals surface area (Å²) >= 11 is 0. The number of esters is 1. The number of carbonyl (C=O) groups excluding carboxylic acids is 1. The lowest BCUT2D eigenvalue weighted by Crippen LogP contribution is -2.18. The lowest BCUT2D eigenvalue weighted by molar-refractivity contribution is -0.141. The largest absolute Gasteiger partial charge is 0.469 e. The van der Waals surface area contributed by atoms with Crippen molar-refractivity contribution in [3.05, 3.63) is 34.9 Å². The van der Waals surface area contributed by atoms with Crippen LogP contribution in [0.5, 0.6) is 0 Å². The fourth-order valence-corrected chi connectivity index (χ4v) is 1.80. The molecule has 3 heteroatoms. The van der Waals surface area contributed by atoms with Gasteiger partial charge in [0, 0.05) is 5.92 Å². The van der Waals surface area contributed by atoms with Gasteiger partial charge in [0.25, 0.3) is 0 Å². The molecule has 0 spiro atoms. The number of carbonyl (C=O) groups is 1. The van der Waals surface area contributed by atoms with E-state index in [1.54, 1.807) is 0 Å². The summed E-state index contributed by atoms with van der Waals surface area (Å²) in [5.74, 6) is -0.163. The fraction of sp³-hybridized carbons (Fsp3) is 0.462. The summed E-state index contributed by atoms with van der Waals surface area (Å²) in [5, 5.41) is 0. The Bertz CT molecular complexity index is 374. The number of methoxy groups -OCH3 is 1. The van der Waals surface area contributed by atoms with Crippen LogP contribution in [0.2, 0.25) is 0 Å². The van der Waals surface area contributed by atoms with Crippen LogP contribution in [0.3, 0.4) is 0 Å². The van der Waals surface area contributed by atoms with Crippen molar-refractivity contribution in [3.8, 4) is 0 Å². The molecule has 88 valence electrons. The minimum absolute atomic E-state index is 0.0485. The molecule has 0 aliphatic rings. The van der Waals surface area contributed by atoms with Crippen molar-refractivity contribution in [1.29, 1.82) is 0 Å². The van der Waals surface area contributed by atoms with Crippen molar-refractivity contribution in [2.45, 2.75) is 26.2 Å². The highest BCUT2D eigenvalue weighted by Gasteiger charge is 2.16. The summed E-state index contributed by atoms with van der Waals surface area (Å²) in [6.45, 7) is 4.53. The third-order valence-electron chi connectivity index (χ3n) is 2.80. The molecule has 0 aliphatic heterocycles. The van der Waals surface area contributed by atoms with E-state index < -0.39 is 0 Å². The SMILES string of the molecule is COC(=O)CC(CN)c1cc(C)ccc1C. The van der Waals surface area contributed by atoms with Crippen LogP contribution in [0.25, 0.3) is 0 Å². The summed E-state index contributed by atoms with van der Waals surface area (Å²) in [5.41, 5.74) is 9.22. The molecule has 1 aromatic carbocycles. The van der Waals surface area contributed by atoms with E-state index in [4.69, 9.17) is 5.73 Å². The topological polar surface area (TPSA) is 52.3 Å². The molecule has 0 fully saturated rings. The van der Waals surface area contributed by atoms with Crippen LogP contribution in [0, 0.1) is 13.8 Å². The number of benzene rings is 1. The van der Waals surface area contributed by atoms with Gasteiger partial charge in [0.1, 0.15) is 0 Å². The first kappa shape index (κ1) is 12.7. The molecule has 1 atom stereocenters. The number of hydrogen-bond donors (Lipinski definition) is 1. The minimum Gasteiger partial charge on any atom is -0.469 e. The van der Waals surface area contributed by atoms with Gasteiger partial charge in [-0.1, -0.05) is 23.8 Å². The van der Waals surface area contributed by atoms with E-state index in [9.17, 15) is 4.79 Å². The Hall–Kier alpha value is -1.35. The van der Waals surface area contributed by atoms with Crippen LogP contribution >= 0.6 is 0 Å². The zero-order valence-electron chi connectivity index (χ0n) is 10.1. The molecule has 1 rings (SSSR count). The monoisotopic (exact) mass is 221 g/mol. The summed E-state index contributed by atoms with van der Waals surface area (Å²) < 4.78 is 4.68. The van der Waals surface area contributed by atoms with Crippen LogP contribution in [0.4, 0.5) is 0 Å². The van der Waals surface area contributed by atoms with Crippen LogP contribution in [0.1, 0.15) is 29.0 Å². The highest BCUT2D eigenvalue weighted by Crippen LogP contribution is 2.23. The molecule has 0 aromatic heterocycles. The van der Waals surface area contributed by atoms with E-state index >= 15 is 0 Å². The third-order valence-corrected chi connectivity index (χ3v) is 2.80. The maximum Gasteiger partial charge on any atom is 0.306 e. The average Bonchev–Trinajstić information content (AvgIpc) is 2.29. The molecule has 1 unspecified atom stereocenters. The number of aryl methyl sites for hydroxylation is 2. The molecule has 3 nitrogen and oxygen atoms in total. The van der Waals surface area contributed by atoms with Gasteiger partial charge in [-0.05, 0) is 31.5 Å². The normalized spacial score (nSPS) is 12.2. The van der Waals surface area contributed by atoms with E-state index in [0.717, 1.165) is 5.56 Å². The quantitative estimate of drug-likeness (QED) is 0.790. The molecule has 0 aliphatic carbocycles. The fourth-order valence-electron chi connectivity index (χ4n) is 1.80. The Labute approximate surface area is 96.6 Å². The predicted octanol–water partition coefficient (Wildman–Crippen LogP) is 1.91. The minimum atomic E-state index is -0.212. The van der Waals surface area contributed by atoms with Gasteiger partial charge in [0.05, 0.1) is 13.5 Å². The van der Waals surface area contributed by atoms with Gasteiger partial charge >= 0.3 is 5.97 Å². The van der Waals surface area contributed by atoms with E-state index in [0.29, 0.717) is 13.0 Å². The first-order chi connectivity index (χ1) is 7.58. The number of ether oxygens (including phenoxy) is 1. The first-order valence-electron chi connectivity index (χ1n) is 5.42. The Morgan fingerprint density at radius 1 is 1.44 bits per heavy atom. The van der Waals surface area contributed by atoms with Gasteiger partial charge in [0.2, 0.25) is 0 Å². The van der Waals surface area contributed by atoms with Gasteiger partial charge in [-0.3, -0.25) is 4.79 Å². The van der Waals surface area contributed by atoms with Crippen molar-refractivity contribution < 1.29 is 9.53 Å². The second-order valence-electron chi connectivity index (χ2n) is 4.07. The zero-order valence-corrected chi connectivity index (χ0v) is 10.1. The van der Waals surface area contributed by atoms with E-state index in [1.807, 2.05) is 13.8 Å². The van der Waals surface area contributed by atoms with Gasteiger partial charge in [-0.2, -0.15) is 0 Å². The number of rotatable bonds is 4. The molecule has 2 N–H and O–H groups in total. The maximum absolute atomic E-state index is 11.3. The van der Waals surface area contributed by atoms with Crippen molar-refractivity contribution in [3.63, 3.8) is 0 Å². The predicted molar refractivity (Wildman–Crippen MR) is 64.3 cm³/mol. The van der Waals surface area contributed by atoms with Crippen molar-refractivity contribution in [2.24, 2.45) is 5.73 Å². The van der Waals surface area contributed by atoms with Gasteiger partial charge in [-0.15, -0.1) is 0 Å². The van der Waals surface area contributed by atoms with Crippen molar-refractivity contribution in [2.75, 3.05) is 13.7 Å². The van der Waals surface area contributed by atoms with E-state index in [-0.39, 0.29) is 11.9 Å². The molecule has 0 saturated carbocycles. The first-order valence-corrected chi connectivity index (χ1v) is 5.42. The maximum atomic E-state index is 11.3. The Morgan fingerprint density at radius 3 is 2.69 bits per heavy atom. The van der Waals surface area contributed by atoms with Gasteiger partial charge in [0.15, 0.2) is 0 Å². The Morgan fingerprint density at radius 2 is 2.12 bits per heavy atom. The molecule has 16 heavy (non-hydrogen) atoms. The molecule has 0 bridgehead atoms. The summed E-state index contributed by atoms with van der Waals surface area (Å²) in [4.78, 5) is 11.3. The van der Waals surface area contributed by atoms with Crippen LogP contribution < -0.4 is 5.73 Å². The molecule has 0 saturated heterocycles. The molecule has 0 radical (unpaired) electrons. The lowest BCUT2D eigenvalue weighted by atomic mass is 9.91. The van der Waals surface area contributed by atoms with Gasteiger partial charge < -0.3 is 10.5 Å².